The first kappa shape index (κ1) is 15.3. The highest BCUT2D eigenvalue weighted by Gasteiger charge is 2.23. The number of benzene rings is 2. The SMILES string of the molecule is CC(=O)/C(=C\c1ccccc1)Oc1ccccc1OCC1CO1. The third kappa shape index (κ3) is 4.44. The number of Topliss-reactive ketones (excluding diaryl/α,β-unsaturated/α-hetero) is 1. The van der Waals surface area contributed by atoms with Crippen molar-refractivity contribution in [1.29, 1.82) is 0 Å². The molecule has 0 aliphatic carbocycles. The Labute approximate surface area is 135 Å². The maximum absolute atomic E-state index is 11.9. The summed E-state index contributed by atoms with van der Waals surface area (Å²) in [5.74, 6) is 1.25. The van der Waals surface area contributed by atoms with Crippen molar-refractivity contribution in [3.63, 3.8) is 0 Å². The van der Waals surface area contributed by atoms with E-state index in [0.29, 0.717) is 18.1 Å². The van der Waals surface area contributed by atoms with E-state index in [1.54, 1.807) is 12.1 Å². The molecule has 1 atom stereocenters. The fourth-order valence-electron chi connectivity index (χ4n) is 2.02. The number of ketones is 1. The molecule has 1 fully saturated rings. The van der Waals surface area contributed by atoms with Gasteiger partial charge in [0.25, 0.3) is 0 Å². The number of rotatable bonds is 7. The van der Waals surface area contributed by atoms with Crippen LogP contribution in [-0.4, -0.2) is 25.1 Å². The first-order valence-electron chi connectivity index (χ1n) is 7.51. The van der Waals surface area contributed by atoms with Crippen LogP contribution in [-0.2, 0) is 9.53 Å². The molecule has 4 heteroatoms. The number of ether oxygens (including phenoxy) is 3. The summed E-state index contributed by atoms with van der Waals surface area (Å²) in [5.41, 5.74) is 0.905. The Balaban J connectivity index is 1.80. The van der Waals surface area contributed by atoms with E-state index >= 15 is 0 Å². The van der Waals surface area contributed by atoms with Gasteiger partial charge in [0.2, 0.25) is 0 Å². The van der Waals surface area contributed by atoms with Gasteiger partial charge in [0.15, 0.2) is 23.0 Å². The molecule has 118 valence electrons. The molecule has 1 saturated heterocycles. The fraction of sp³-hybridized carbons (Fsp3) is 0.211. The largest absolute Gasteiger partial charge is 0.487 e. The van der Waals surface area contributed by atoms with Crippen LogP contribution in [0.1, 0.15) is 12.5 Å². The fourth-order valence-corrected chi connectivity index (χ4v) is 2.02. The van der Waals surface area contributed by atoms with Crippen molar-refractivity contribution in [2.45, 2.75) is 13.0 Å². The first-order chi connectivity index (χ1) is 11.2. The maximum atomic E-state index is 11.9. The van der Waals surface area contributed by atoms with Gasteiger partial charge in [0.05, 0.1) is 6.61 Å². The van der Waals surface area contributed by atoms with Crippen molar-refractivity contribution in [3.8, 4) is 11.5 Å². The summed E-state index contributed by atoms with van der Waals surface area (Å²) in [6.07, 6.45) is 1.89. The maximum Gasteiger partial charge on any atom is 0.194 e. The number of epoxide rings is 1. The highest BCUT2D eigenvalue weighted by atomic mass is 16.6. The van der Waals surface area contributed by atoms with Crippen LogP contribution in [0.5, 0.6) is 11.5 Å². The second-order valence-electron chi connectivity index (χ2n) is 5.29. The number of para-hydroxylation sites is 2. The Morgan fingerprint density at radius 1 is 1.13 bits per heavy atom. The van der Waals surface area contributed by atoms with Crippen LogP contribution in [0.4, 0.5) is 0 Å². The van der Waals surface area contributed by atoms with Gasteiger partial charge in [0.1, 0.15) is 12.7 Å². The predicted molar refractivity (Wildman–Crippen MR) is 87.4 cm³/mol. The lowest BCUT2D eigenvalue weighted by atomic mass is 10.2. The van der Waals surface area contributed by atoms with Gasteiger partial charge in [-0.25, -0.2) is 0 Å². The Kier molecular flexibility index (Phi) is 4.74. The summed E-state index contributed by atoms with van der Waals surface area (Å²) in [6.45, 7) is 2.70. The smallest absolute Gasteiger partial charge is 0.194 e. The molecule has 4 nitrogen and oxygen atoms in total. The van der Waals surface area contributed by atoms with Crippen molar-refractivity contribution in [3.05, 3.63) is 65.9 Å². The molecule has 0 aromatic heterocycles. The summed E-state index contributed by atoms with van der Waals surface area (Å²) in [4.78, 5) is 11.9. The van der Waals surface area contributed by atoms with Gasteiger partial charge in [-0.05, 0) is 23.8 Å². The van der Waals surface area contributed by atoms with Crippen LogP contribution in [0, 0.1) is 0 Å². The third-order valence-electron chi connectivity index (χ3n) is 3.34. The number of carbonyl (C=O) groups excluding carboxylic acids is 1. The van der Waals surface area contributed by atoms with E-state index in [1.807, 2.05) is 48.5 Å². The Morgan fingerprint density at radius 2 is 1.78 bits per heavy atom. The van der Waals surface area contributed by atoms with Gasteiger partial charge in [0, 0.05) is 6.92 Å². The molecule has 0 bridgehead atoms. The molecule has 1 aliphatic rings. The molecule has 0 spiro atoms. The minimum Gasteiger partial charge on any atom is -0.487 e. The molecule has 3 rings (SSSR count). The van der Waals surface area contributed by atoms with Crippen molar-refractivity contribution in [1.82, 2.24) is 0 Å². The quantitative estimate of drug-likeness (QED) is 0.446. The molecule has 0 amide bonds. The average Bonchev–Trinajstić information content (AvgIpc) is 3.38. The third-order valence-corrected chi connectivity index (χ3v) is 3.34. The minimum absolute atomic E-state index is 0.144. The van der Waals surface area contributed by atoms with E-state index in [9.17, 15) is 4.79 Å². The first-order valence-corrected chi connectivity index (χ1v) is 7.51. The summed E-state index contributed by atoms with van der Waals surface area (Å²) in [6, 6.07) is 16.9. The van der Waals surface area contributed by atoms with Crippen molar-refractivity contribution in [2.75, 3.05) is 13.2 Å². The van der Waals surface area contributed by atoms with E-state index in [4.69, 9.17) is 14.2 Å². The summed E-state index contributed by atoms with van der Waals surface area (Å²) < 4.78 is 16.6. The zero-order valence-corrected chi connectivity index (χ0v) is 12.9. The zero-order valence-electron chi connectivity index (χ0n) is 12.9. The normalized spacial score (nSPS) is 16.7. The lowest BCUT2D eigenvalue weighted by Crippen LogP contribution is -2.08. The van der Waals surface area contributed by atoms with Gasteiger partial charge < -0.3 is 14.2 Å². The van der Waals surface area contributed by atoms with E-state index in [2.05, 4.69) is 0 Å². The number of allylic oxidation sites excluding steroid dienone is 1. The van der Waals surface area contributed by atoms with Crippen LogP contribution >= 0.6 is 0 Å². The standard InChI is InChI=1S/C19H18O4/c1-14(20)19(11-15-7-3-2-4-8-15)23-18-10-6-5-9-17(18)22-13-16-12-21-16/h2-11,16H,12-13H2,1H3/b19-11+. The Bertz CT molecular complexity index is 702. The highest BCUT2D eigenvalue weighted by molar-refractivity contribution is 5.96. The van der Waals surface area contributed by atoms with E-state index in [-0.39, 0.29) is 17.6 Å². The molecular formula is C19H18O4. The van der Waals surface area contributed by atoms with Crippen molar-refractivity contribution in [2.24, 2.45) is 0 Å². The molecule has 1 aliphatic heterocycles. The van der Waals surface area contributed by atoms with Crippen molar-refractivity contribution >= 4 is 11.9 Å². The highest BCUT2D eigenvalue weighted by Crippen LogP contribution is 2.29. The lowest BCUT2D eigenvalue weighted by molar-refractivity contribution is -0.115. The average molecular weight is 310 g/mol. The van der Waals surface area contributed by atoms with Crippen LogP contribution in [0.15, 0.2) is 60.4 Å². The Hall–Kier alpha value is -2.59. The monoisotopic (exact) mass is 310 g/mol. The molecule has 23 heavy (non-hydrogen) atoms. The molecule has 2 aromatic carbocycles. The molecule has 1 unspecified atom stereocenters. The number of hydrogen-bond donors (Lipinski definition) is 0. The summed E-state index contributed by atoms with van der Waals surface area (Å²) in [5, 5.41) is 0. The molecule has 0 saturated carbocycles. The number of hydrogen-bond acceptors (Lipinski definition) is 4. The number of carbonyl (C=O) groups is 1. The van der Waals surface area contributed by atoms with Crippen LogP contribution < -0.4 is 9.47 Å². The van der Waals surface area contributed by atoms with E-state index in [0.717, 1.165) is 12.2 Å². The van der Waals surface area contributed by atoms with Crippen LogP contribution in [0.2, 0.25) is 0 Å². The molecule has 0 radical (unpaired) electrons. The van der Waals surface area contributed by atoms with Gasteiger partial charge in [-0.15, -0.1) is 0 Å². The summed E-state index contributed by atoms with van der Waals surface area (Å²) >= 11 is 0. The van der Waals surface area contributed by atoms with Crippen molar-refractivity contribution < 1.29 is 19.0 Å². The van der Waals surface area contributed by atoms with E-state index < -0.39 is 0 Å². The minimum atomic E-state index is -0.144. The van der Waals surface area contributed by atoms with Gasteiger partial charge in [-0.3, -0.25) is 4.79 Å². The Morgan fingerprint density at radius 3 is 2.43 bits per heavy atom. The zero-order chi connectivity index (χ0) is 16.1. The second-order valence-corrected chi connectivity index (χ2v) is 5.29. The second kappa shape index (κ2) is 7.11. The molecule has 1 heterocycles. The van der Waals surface area contributed by atoms with Crippen LogP contribution in [0.3, 0.4) is 0 Å². The molecule has 0 N–H and O–H groups in total. The topological polar surface area (TPSA) is 48.1 Å². The summed E-state index contributed by atoms with van der Waals surface area (Å²) in [7, 11) is 0. The predicted octanol–water partition coefficient (Wildman–Crippen LogP) is 3.47. The van der Waals surface area contributed by atoms with Gasteiger partial charge in [-0.2, -0.15) is 0 Å². The van der Waals surface area contributed by atoms with Gasteiger partial charge in [-0.1, -0.05) is 42.5 Å². The molecular weight excluding hydrogens is 292 g/mol. The van der Waals surface area contributed by atoms with Crippen LogP contribution in [0.25, 0.3) is 6.08 Å². The molecule has 2 aromatic rings. The lowest BCUT2D eigenvalue weighted by Gasteiger charge is -2.12. The van der Waals surface area contributed by atoms with Gasteiger partial charge >= 0.3 is 0 Å². The van der Waals surface area contributed by atoms with E-state index in [1.165, 1.54) is 6.92 Å².